The molecule has 10 rings (SSSR count). The standard InChI is InChI=1S/C30H22O4S2.C28H22O4S4/c1-17-3-7-19(8-4-17)25-11-13-27(35-25)21-15-24(30(33)34)22(16-23(21)29(31)32)28-14-12-26(36-28)20-9-5-18(2)6-10-20;1-13-5-7-17(33-13)19-9-11-21(35-19)23-15(3)26(28(31)32)24(16(4)25(23)27(29)30)22-12-10-20(36-22)18-8-6-14(2)34-18/h3-16H,1-2H3,(H,31,32)(H,33,34);5-12H,1-4H3,(H,29,30)(H,31,32). The van der Waals surface area contributed by atoms with Crippen molar-refractivity contribution in [3.63, 3.8) is 0 Å². The molecule has 0 spiro atoms. The van der Waals surface area contributed by atoms with Gasteiger partial charge in [0.25, 0.3) is 0 Å². The molecule has 0 fully saturated rings. The number of carboxylic acids is 4. The number of rotatable bonds is 12. The molecule has 0 saturated heterocycles. The fraction of sp³-hybridized carbons (Fsp3) is 0.103. The molecule has 72 heavy (non-hydrogen) atoms. The number of aryl methyl sites for hydroxylation is 4. The number of thiophene rings is 6. The van der Waals surface area contributed by atoms with Crippen molar-refractivity contribution in [2.24, 2.45) is 0 Å². The van der Waals surface area contributed by atoms with E-state index in [1.807, 2.05) is 125 Å². The highest BCUT2D eigenvalue weighted by Crippen LogP contribution is 2.48. The summed E-state index contributed by atoms with van der Waals surface area (Å²) < 4.78 is 0. The van der Waals surface area contributed by atoms with Crippen LogP contribution in [0.15, 0.2) is 133 Å². The third-order valence-corrected chi connectivity index (χ3v) is 19.1. The summed E-state index contributed by atoms with van der Waals surface area (Å²) >= 11 is 9.23. The van der Waals surface area contributed by atoms with Gasteiger partial charge in [0.15, 0.2) is 0 Å². The van der Waals surface area contributed by atoms with Crippen LogP contribution in [0, 0.1) is 41.5 Å². The van der Waals surface area contributed by atoms with E-state index in [1.54, 1.807) is 36.5 Å². The lowest BCUT2D eigenvalue weighted by Gasteiger charge is -2.19. The SMILES string of the molecule is Cc1ccc(-c2ccc(-c3c(C)c(C(=O)O)c(-c4ccc(-c5ccc(C)s5)s4)c(C)c3C(=O)O)s2)s1.Cc1ccc(-c2ccc(-c3cc(C(=O)O)c(-c4ccc(-c5ccc(C)cc5)s4)cc3C(=O)O)s2)cc1. The van der Waals surface area contributed by atoms with Crippen LogP contribution >= 0.6 is 68.0 Å². The van der Waals surface area contributed by atoms with Gasteiger partial charge in [-0.1, -0.05) is 59.7 Å². The first-order valence-corrected chi connectivity index (χ1v) is 27.3. The van der Waals surface area contributed by atoms with Crippen LogP contribution in [0.1, 0.15) is 73.4 Å². The molecule has 4 N–H and O–H groups in total. The van der Waals surface area contributed by atoms with Gasteiger partial charge < -0.3 is 20.4 Å². The summed E-state index contributed by atoms with van der Waals surface area (Å²) in [4.78, 5) is 61.4. The molecule has 0 aliphatic carbocycles. The zero-order chi connectivity index (χ0) is 51.1. The van der Waals surface area contributed by atoms with E-state index in [4.69, 9.17) is 0 Å². The van der Waals surface area contributed by atoms with Gasteiger partial charge in [-0.3, -0.25) is 0 Å². The van der Waals surface area contributed by atoms with E-state index in [1.165, 1.54) is 67.2 Å². The highest BCUT2D eigenvalue weighted by molar-refractivity contribution is 7.24. The van der Waals surface area contributed by atoms with Crippen LogP contribution in [-0.4, -0.2) is 44.3 Å². The minimum Gasteiger partial charge on any atom is -0.478 e. The number of benzene rings is 4. The average Bonchev–Trinajstić information content (AvgIpc) is 4.22. The molecule has 0 bridgehead atoms. The van der Waals surface area contributed by atoms with E-state index in [0.717, 1.165) is 61.3 Å². The smallest absolute Gasteiger partial charge is 0.336 e. The van der Waals surface area contributed by atoms with Gasteiger partial charge >= 0.3 is 23.9 Å². The van der Waals surface area contributed by atoms with Crippen LogP contribution in [0.3, 0.4) is 0 Å². The molecule has 360 valence electrons. The molecular formula is C58H44O8S6. The average molecular weight is 1060 g/mol. The molecule has 0 aliphatic heterocycles. The van der Waals surface area contributed by atoms with Gasteiger partial charge in [-0.2, -0.15) is 0 Å². The minimum absolute atomic E-state index is 0.0811. The van der Waals surface area contributed by atoms with Crippen LogP contribution < -0.4 is 0 Å². The maximum Gasteiger partial charge on any atom is 0.336 e. The summed E-state index contributed by atoms with van der Waals surface area (Å²) in [5.74, 6) is -4.31. The molecule has 14 heteroatoms. The first-order valence-electron chi connectivity index (χ1n) is 22.4. The predicted molar refractivity (Wildman–Crippen MR) is 300 cm³/mol. The molecule has 0 aliphatic rings. The van der Waals surface area contributed by atoms with Crippen molar-refractivity contribution in [2.75, 3.05) is 0 Å². The molecule has 8 nitrogen and oxygen atoms in total. The molecule has 10 aromatic rings. The second-order valence-electron chi connectivity index (χ2n) is 17.1. The molecular weight excluding hydrogens is 1020 g/mol. The monoisotopic (exact) mass is 1060 g/mol. The third-order valence-electron chi connectivity index (χ3n) is 12.1. The lowest BCUT2D eigenvalue weighted by molar-refractivity contribution is 0.0681. The van der Waals surface area contributed by atoms with Gasteiger partial charge in [-0.25, -0.2) is 19.2 Å². The molecule has 0 radical (unpaired) electrons. The van der Waals surface area contributed by atoms with E-state index in [-0.39, 0.29) is 22.3 Å². The van der Waals surface area contributed by atoms with Crippen LogP contribution in [0.2, 0.25) is 0 Å². The maximum absolute atomic E-state index is 12.6. The Hall–Kier alpha value is -7.04. The first-order chi connectivity index (χ1) is 34.4. The molecule has 0 atom stereocenters. The van der Waals surface area contributed by atoms with Crippen molar-refractivity contribution in [3.8, 4) is 82.2 Å². The van der Waals surface area contributed by atoms with Gasteiger partial charge in [-0.15, -0.1) is 68.0 Å². The van der Waals surface area contributed by atoms with Crippen LogP contribution in [0.5, 0.6) is 0 Å². The van der Waals surface area contributed by atoms with Crippen LogP contribution in [0.25, 0.3) is 82.2 Å². The number of hydrogen-bond donors (Lipinski definition) is 4. The van der Waals surface area contributed by atoms with E-state index >= 15 is 0 Å². The fourth-order valence-electron chi connectivity index (χ4n) is 8.57. The van der Waals surface area contributed by atoms with Crippen molar-refractivity contribution in [1.29, 1.82) is 0 Å². The predicted octanol–water partition coefficient (Wildman–Crippen LogP) is 17.7. The molecule has 0 unspecified atom stereocenters. The molecule has 6 aromatic heterocycles. The zero-order valence-electron chi connectivity index (χ0n) is 39.6. The largest absolute Gasteiger partial charge is 0.478 e. The molecule has 6 heterocycles. The Balaban J connectivity index is 0.000000178. The normalized spacial score (nSPS) is 11.1. The minimum atomic E-state index is -1.09. The van der Waals surface area contributed by atoms with Crippen molar-refractivity contribution in [1.82, 2.24) is 0 Å². The topological polar surface area (TPSA) is 149 Å². The third kappa shape index (κ3) is 10.1. The Morgan fingerprint density at radius 1 is 0.319 bits per heavy atom. The number of hydrogen-bond acceptors (Lipinski definition) is 10. The molecule has 0 amide bonds. The Morgan fingerprint density at radius 2 is 0.611 bits per heavy atom. The summed E-state index contributed by atoms with van der Waals surface area (Å²) in [5.41, 5.74) is 7.57. The van der Waals surface area contributed by atoms with E-state index in [2.05, 4.69) is 24.3 Å². The summed E-state index contributed by atoms with van der Waals surface area (Å²) in [6.45, 7) is 11.6. The highest BCUT2D eigenvalue weighted by Gasteiger charge is 2.30. The zero-order valence-corrected chi connectivity index (χ0v) is 44.5. The van der Waals surface area contributed by atoms with Crippen LogP contribution in [0.4, 0.5) is 0 Å². The summed E-state index contributed by atoms with van der Waals surface area (Å²) in [6, 6.07) is 42.8. The van der Waals surface area contributed by atoms with Crippen molar-refractivity contribution >= 4 is 91.9 Å². The van der Waals surface area contributed by atoms with Crippen LogP contribution in [-0.2, 0) is 0 Å². The summed E-state index contributed by atoms with van der Waals surface area (Å²) in [5, 5.41) is 40.7. The van der Waals surface area contributed by atoms with Gasteiger partial charge in [0, 0.05) is 80.8 Å². The van der Waals surface area contributed by atoms with E-state index in [9.17, 15) is 39.6 Å². The van der Waals surface area contributed by atoms with Gasteiger partial charge in [0.2, 0.25) is 0 Å². The lowest BCUT2D eigenvalue weighted by atomic mass is 9.86. The summed E-state index contributed by atoms with van der Waals surface area (Å²) in [7, 11) is 0. The molecule has 0 saturated carbocycles. The summed E-state index contributed by atoms with van der Waals surface area (Å²) in [6.07, 6.45) is 0. The Morgan fingerprint density at radius 3 is 0.931 bits per heavy atom. The Labute approximate surface area is 439 Å². The second-order valence-corrected chi connectivity index (χ2v) is 24.0. The van der Waals surface area contributed by atoms with Crippen molar-refractivity contribution < 1.29 is 39.6 Å². The van der Waals surface area contributed by atoms with Crippen molar-refractivity contribution in [2.45, 2.75) is 41.5 Å². The number of carboxylic acid groups (broad SMARTS) is 4. The fourth-order valence-corrected chi connectivity index (χ4v) is 14.8. The maximum atomic E-state index is 12.6. The van der Waals surface area contributed by atoms with E-state index in [0.29, 0.717) is 43.1 Å². The van der Waals surface area contributed by atoms with E-state index < -0.39 is 23.9 Å². The Bertz CT molecular complexity index is 3480. The first kappa shape index (κ1) is 49.9. The highest BCUT2D eigenvalue weighted by atomic mass is 32.1. The lowest BCUT2D eigenvalue weighted by Crippen LogP contribution is -2.12. The van der Waals surface area contributed by atoms with Gasteiger partial charge in [0.05, 0.1) is 22.3 Å². The number of aromatic carboxylic acids is 4. The quantitative estimate of drug-likeness (QED) is 0.0945. The Kier molecular flexibility index (Phi) is 14.3. The van der Waals surface area contributed by atoms with Gasteiger partial charge in [0.1, 0.15) is 0 Å². The molecule has 4 aromatic carbocycles. The number of carbonyl (C=O) groups is 4. The van der Waals surface area contributed by atoms with Gasteiger partial charge in [-0.05, 0) is 149 Å². The second kappa shape index (κ2) is 20.6. The van der Waals surface area contributed by atoms with Crippen molar-refractivity contribution in [3.05, 3.63) is 188 Å².